The van der Waals surface area contributed by atoms with E-state index in [-0.39, 0.29) is 44.1 Å². The van der Waals surface area contributed by atoms with E-state index in [4.69, 9.17) is 10.2 Å². The van der Waals surface area contributed by atoms with Gasteiger partial charge < -0.3 is 11.6 Å². The zero-order valence-corrected chi connectivity index (χ0v) is 20.6. The second kappa shape index (κ2) is 23.2. The summed E-state index contributed by atoms with van der Waals surface area (Å²) in [6, 6.07) is 0. The van der Waals surface area contributed by atoms with Crippen molar-refractivity contribution in [1.82, 2.24) is 4.90 Å². The van der Waals surface area contributed by atoms with Crippen molar-refractivity contribution in [2.45, 2.75) is 110 Å². The molecule has 0 heterocycles. The molecule has 0 amide bonds. The van der Waals surface area contributed by atoms with E-state index in [9.17, 15) is 9.59 Å². The molecule has 0 spiro atoms. The van der Waals surface area contributed by atoms with Crippen LogP contribution in [0.4, 0.5) is 0 Å². The van der Waals surface area contributed by atoms with Crippen LogP contribution in [0.25, 0.3) is 0 Å². The summed E-state index contributed by atoms with van der Waals surface area (Å²) >= 11 is 0. The Kier molecular flexibility index (Phi) is 24.9. The third-order valence-electron chi connectivity index (χ3n) is 5.05. The SMILES string of the molecule is CCCCCCCCCCCCCCCCCCN(CC(=O)O)CC(=O)O.[H-].[Na+]. The molecule has 0 aliphatic rings. The molecule has 0 aliphatic heterocycles. The zero-order valence-electron chi connectivity index (χ0n) is 19.6. The van der Waals surface area contributed by atoms with Crippen LogP contribution in [0.2, 0.25) is 0 Å². The molecule has 0 saturated carbocycles. The van der Waals surface area contributed by atoms with Gasteiger partial charge in [-0.3, -0.25) is 14.5 Å². The number of hydrogen-bond acceptors (Lipinski definition) is 3. The van der Waals surface area contributed by atoms with Crippen LogP contribution in [-0.4, -0.2) is 46.7 Å². The van der Waals surface area contributed by atoms with Gasteiger partial charge in [0.15, 0.2) is 0 Å². The van der Waals surface area contributed by atoms with E-state index >= 15 is 0 Å². The molecule has 0 aliphatic carbocycles. The third kappa shape index (κ3) is 23.9. The predicted octanol–water partition coefficient (Wildman–Crippen LogP) is 2.84. The molecule has 0 rings (SSSR count). The average Bonchev–Trinajstić information content (AvgIpc) is 2.60. The first-order valence-electron chi connectivity index (χ1n) is 11.2. The second-order valence-electron chi connectivity index (χ2n) is 7.80. The van der Waals surface area contributed by atoms with Crippen molar-refractivity contribution in [1.29, 1.82) is 0 Å². The second-order valence-corrected chi connectivity index (χ2v) is 7.80. The number of hydrogen-bond donors (Lipinski definition) is 2. The quantitative estimate of drug-likeness (QED) is 0.225. The Bertz CT molecular complexity index is 357. The number of carboxylic acid groups (broad SMARTS) is 2. The number of nitrogens with zero attached hydrogens (tertiary/aromatic N) is 1. The van der Waals surface area contributed by atoms with Crippen LogP contribution >= 0.6 is 0 Å². The van der Waals surface area contributed by atoms with Gasteiger partial charge in [0, 0.05) is 0 Å². The van der Waals surface area contributed by atoms with E-state index in [2.05, 4.69) is 6.92 Å². The Morgan fingerprint density at radius 1 is 0.607 bits per heavy atom. The predicted molar refractivity (Wildman–Crippen MR) is 112 cm³/mol. The zero-order chi connectivity index (χ0) is 20.2. The first-order chi connectivity index (χ1) is 13.1. The topological polar surface area (TPSA) is 77.8 Å². The van der Waals surface area contributed by atoms with Crippen molar-refractivity contribution in [2.24, 2.45) is 0 Å². The Morgan fingerprint density at radius 2 is 0.893 bits per heavy atom. The minimum absolute atomic E-state index is 0. The van der Waals surface area contributed by atoms with Crippen LogP contribution in [-0.2, 0) is 9.59 Å². The summed E-state index contributed by atoms with van der Waals surface area (Å²) in [6.07, 6.45) is 20.8. The van der Waals surface area contributed by atoms with Crippen LogP contribution < -0.4 is 29.6 Å². The number of rotatable bonds is 21. The van der Waals surface area contributed by atoms with Gasteiger partial charge in [0.2, 0.25) is 0 Å². The number of carboxylic acids is 2. The fraction of sp³-hybridized carbons (Fsp3) is 0.909. The normalized spacial score (nSPS) is 10.8. The van der Waals surface area contributed by atoms with Crippen LogP contribution in [0, 0.1) is 0 Å². The molecule has 0 atom stereocenters. The molecule has 0 aromatic rings. The van der Waals surface area contributed by atoms with Gasteiger partial charge in [-0.1, -0.05) is 103 Å². The fourth-order valence-electron chi connectivity index (χ4n) is 3.48. The first kappa shape index (κ1) is 30.1. The number of unbranched alkanes of at least 4 members (excludes halogenated alkanes) is 15. The van der Waals surface area contributed by atoms with E-state index < -0.39 is 11.9 Å². The van der Waals surface area contributed by atoms with Crippen molar-refractivity contribution >= 4 is 11.9 Å². The summed E-state index contributed by atoms with van der Waals surface area (Å²) < 4.78 is 0. The average molecular weight is 410 g/mol. The number of carbonyl (C=O) groups is 2. The standard InChI is InChI=1S/C22H43NO4.Na.H/c1-2-3-4-5-6-7-8-9-10-11-12-13-14-15-16-17-18-23(19-21(24)25)20-22(26)27;;/h2-20H2,1H3,(H,24,25)(H,26,27);;/q;+1;-1. The monoisotopic (exact) mass is 409 g/mol. The van der Waals surface area contributed by atoms with Gasteiger partial charge in [-0.2, -0.15) is 0 Å². The summed E-state index contributed by atoms with van der Waals surface area (Å²) in [5, 5.41) is 17.6. The Morgan fingerprint density at radius 3 is 1.18 bits per heavy atom. The molecule has 0 aromatic carbocycles. The van der Waals surface area contributed by atoms with Crippen LogP contribution in [0.5, 0.6) is 0 Å². The van der Waals surface area contributed by atoms with Crippen LogP contribution in [0.15, 0.2) is 0 Å². The van der Waals surface area contributed by atoms with Gasteiger partial charge in [0.05, 0.1) is 13.1 Å². The Hall–Kier alpha value is -0.100. The molecule has 6 heteroatoms. The summed E-state index contributed by atoms with van der Waals surface area (Å²) in [5.41, 5.74) is 0. The first-order valence-corrected chi connectivity index (χ1v) is 11.2. The van der Waals surface area contributed by atoms with Crippen molar-refractivity contribution in [2.75, 3.05) is 19.6 Å². The smallest absolute Gasteiger partial charge is 1.00 e. The van der Waals surface area contributed by atoms with Crippen molar-refractivity contribution in [3.63, 3.8) is 0 Å². The molecular formula is C22H44NNaO4. The van der Waals surface area contributed by atoms with Crippen LogP contribution in [0.3, 0.4) is 0 Å². The molecule has 0 bridgehead atoms. The molecule has 162 valence electrons. The molecule has 5 nitrogen and oxygen atoms in total. The van der Waals surface area contributed by atoms with Crippen molar-refractivity contribution < 1.29 is 50.8 Å². The van der Waals surface area contributed by atoms with Crippen molar-refractivity contribution in [3.8, 4) is 0 Å². The minimum atomic E-state index is -0.965. The maximum absolute atomic E-state index is 10.7. The molecule has 2 N–H and O–H groups in total. The van der Waals surface area contributed by atoms with Gasteiger partial charge in [-0.25, -0.2) is 0 Å². The molecule has 0 saturated heterocycles. The van der Waals surface area contributed by atoms with Crippen LogP contribution in [0.1, 0.15) is 111 Å². The van der Waals surface area contributed by atoms with Gasteiger partial charge in [0.1, 0.15) is 0 Å². The largest absolute Gasteiger partial charge is 1.00 e. The van der Waals surface area contributed by atoms with Gasteiger partial charge in [-0.15, -0.1) is 0 Å². The van der Waals surface area contributed by atoms with E-state index in [0.29, 0.717) is 6.54 Å². The van der Waals surface area contributed by atoms with E-state index in [0.717, 1.165) is 19.3 Å². The Labute approximate surface area is 196 Å². The molecule has 28 heavy (non-hydrogen) atoms. The minimum Gasteiger partial charge on any atom is -1.00 e. The number of aliphatic carboxylic acids is 2. The van der Waals surface area contributed by atoms with Crippen molar-refractivity contribution in [3.05, 3.63) is 0 Å². The Balaban J connectivity index is -0.00000338. The summed E-state index contributed by atoms with van der Waals surface area (Å²) in [6.45, 7) is 2.44. The van der Waals surface area contributed by atoms with Gasteiger partial charge >= 0.3 is 41.5 Å². The molecular weight excluding hydrogens is 365 g/mol. The maximum atomic E-state index is 10.7. The van der Waals surface area contributed by atoms with E-state index in [1.165, 1.54) is 88.4 Å². The molecule has 0 unspecified atom stereocenters. The molecule has 0 fully saturated rings. The maximum Gasteiger partial charge on any atom is 1.00 e. The summed E-state index contributed by atoms with van der Waals surface area (Å²) in [5.74, 6) is -1.93. The summed E-state index contributed by atoms with van der Waals surface area (Å²) in [7, 11) is 0. The van der Waals surface area contributed by atoms with E-state index in [1.807, 2.05) is 0 Å². The molecule has 0 radical (unpaired) electrons. The van der Waals surface area contributed by atoms with Gasteiger partial charge in [-0.05, 0) is 13.0 Å². The fourth-order valence-corrected chi connectivity index (χ4v) is 3.48. The van der Waals surface area contributed by atoms with Gasteiger partial charge in [0.25, 0.3) is 0 Å². The molecule has 0 aromatic heterocycles. The third-order valence-corrected chi connectivity index (χ3v) is 5.05. The van der Waals surface area contributed by atoms with E-state index in [1.54, 1.807) is 0 Å². The summed E-state index contributed by atoms with van der Waals surface area (Å²) in [4.78, 5) is 23.0.